The molecule has 0 aromatic carbocycles. The number of esters is 1. The Balaban J connectivity index is 3.40. The van der Waals surface area contributed by atoms with Gasteiger partial charge in [-0.25, -0.2) is 0 Å². The SMILES string of the molecule is CCC1OC(=O)[C@H](C)C(=O)[C@H](C)[C@@H](O[Si](CC)(CC)CC)[C@@H](C)C[C@@H](C)C(=O)/C=C/[C@H]1C. The molecule has 1 aliphatic rings. The van der Waals surface area contributed by atoms with Crippen molar-refractivity contribution in [3.05, 3.63) is 12.2 Å². The summed E-state index contributed by atoms with van der Waals surface area (Å²) < 4.78 is 12.6. The van der Waals surface area contributed by atoms with E-state index in [4.69, 9.17) is 9.16 Å². The Morgan fingerprint density at radius 3 is 2.03 bits per heavy atom. The Kier molecular flexibility index (Phi) is 11.5. The third-order valence-corrected chi connectivity index (χ3v) is 12.3. The highest BCUT2D eigenvalue weighted by Crippen LogP contribution is 2.33. The lowest BCUT2D eigenvalue weighted by Gasteiger charge is -2.39. The van der Waals surface area contributed by atoms with E-state index in [0.29, 0.717) is 12.8 Å². The lowest BCUT2D eigenvalue weighted by molar-refractivity contribution is -0.159. The molecule has 7 atom stereocenters. The molecule has 1 aliphatic heterocycles. The zero-order chi connectivity index (χ0) is 24.6. The van der Waals surface area contributed by atoms with Gasteiger partial charge < -0.3 is 9.16 Å². The second-order valence-electron chi connectivity index (χ2n) is 9.86. The van der Waals surface area contributed by atoms with Crippen LogP contribution in [0.25, 0.3) is 0 Å². The van der Waals surface area contributed by atoms with Crippen molar-refractivity contribution >= 4 is 25.9 Å². The molecule has 0 amide bonds. The molecule has 0 bridgehead atoms. The topological polar surface area (TPSA) is 69.7 Å². The van der Waals surface area contributed by atoms with Gasteiger partial charge in [0.2, 0.25) is 0 Å². The Labute approximate surface area is 196 Å². The van der Waals surface area contributed by atoms with E-state index in [1.807, 2.05) is 33.8 Å². The zero-order valence-corrected chi connectivity index (χ0v) is 22.8. The van der Waals surface area contributed by atoms with Crippen LogP contribution < -0.4 is 0 Å². The monoisotopic (exact) mass is 466 g/mol. The molecular weight excluding hydrogens is 420 g/mol. The van der Waals surface area contributed by atoms with Crippen molar-refractivity contribution in [3.8, 4) is 0 Å². The van der Waals surface area contributed by atoms with E-state index in [1.54, 1.807) is 13.0 Å². The Bertz CT molecular complexity index is 661. The third kappa shape index (κ3) is 7.11. The number of ether oxygens (including phenoxy) is 1. The maximum atomic E-state index is 13.4. The van der Waals surface area contributed by atoms with Gasteiger partial charge in [0, 0.05) is 17.8 Å². The summed E-state index contributed by atoms with van der Waals surface area (Å²) in [5.74, 6) is -2.07. The number of cyclic esters (lactones) is 1. The molecule has 5 nitrogen and oxygen atoms in total. The fraction of sp³-hybridized carbons (Fsp3) is 0.808. The van der Waals surface area contributed by atoms with Gasteiger partial charge in [-0.2, -0.15) is 0 Å². The summed E-state index contributed by atoms with van der Waals surface area (Å²) >= 11 is 0. The first-order chi connectivity index (χ1) is 15.0. The molecule has 0 spiro atoms. The number of carbonyl (C=O) groups is 3. The third-order valence-electron chi connectivity index (χ3n) is 7.63. The van der Waals surface area contributed by atoms with Gasteiger partial charge in [0.1, 0.15) is 12.0 Å². The minimum absolute atomic E-state index is 0.0183. The quantitative estimate of drug-likeness (QED) is 0.274. The van der Waals surface area contributed by atoms with E-state index in [-0.39, 0.29) is 41.5 Å². The molecular formula is C26H46O5Si. The highest BCUT2D eigenvalue weighted by atomic mass is 28.4. The van der Waals surface area contributed by atoms with Crippen molar-refractivity contribution in [2.24, 2.45) is 29.6 Å². The van der Waals surface area contributed by atoms with Gasteiger partial charge in [0.25, 0.3) is 0 Å². The van der Waals surface area contributed by atoms with Crippen LogP contribution in [0.1, 0.15) is 75.2 Å². The van der Waals surface area contributed by atoms with Crippen LogP contribution in [-0.2, 0) is 23.5 Å². The van der Waals surface area contributed by atoms with Crippen LogP contribution in [0.5, 0.6) is 0 Å². The first-order valence-electron chi connectivity index (χ1n) is 12.6. The van der Waals surface area contributed by atoms with E-state index >= 15 is 0 Å². The second-order valence-corrected chi connectivity index (χ2v) is 14.6. The number of hydrogen-bond donors (Lipinski definition) is 0. The highest BCUT2D eigenvalue weighted by molar-refractivity contribution is 6.73. The molecule has 0 aromatic rings. The van der Waals surface area contributed by atoms with Crippen molar-refractivity contribution in [3.63, 3.8) is 0 Å². The summed E-state index contributed by atoms with van der Waals surface area (Å²) in [6, 6.07) is 2.94. The molecule has 1 rings (SSSR count). The first kappa shape index (κ1) is 28.8. The smallest absolute Gasteiger partial charge is 0.316 e. The van der Waals surface area contributed by atoms with E-state index in [9.17, 15) is 14.4 Å². The molecule has 0 aromatic heterocycles. The Morgan fingerprint density at radius 2 is 1.53 bits per heavy atom. The number of allylic oxidation sites excluding steroid dienone is 1. The van der Waals surface area contributed by atoms with Gasteiger partial charge >= 0.3 is 5.97 Å². The molecule has 0 saturated carbocycles. The number of hydrogen-bond acceptors (Lipinski definition) is 5. The van der Waals surface area contributed by atoms with Crippen molar-refractivity contribution in [1.29, 1.82) is 0 Å². The van der Waals surface area contributed by atoms with Crippen molar-refractivity contribution in [2.45, 2.75) is 105 Å². The largest absolute Gasteiger partial charge is 0.461 e. The molecule has 1 heterocycles. The van der Waals surface area contributed by atoms with Crippen LogP contribution in [0, 0.1) is 29.6 Å². The van der Waals surface area contributed by atoms with Crippen LogP contribution in [0.4, 0.5) is 0 Å². The lowest BCUT2D eigenvalue weighted by atomic mass is 9.81. The fourth-order valence-electron chi connectivity index (χ4n) is 4.83. The summed E-state index contributed by atoms with van der Waals surface area (Å²) in [6.45, 7) is 18.0. The van der Waals surface area contributed by atoms with Gasteiger partial charge in [0.15, 0.2) is 19.9 Å². The predicted molar refractivity (Wildman–Crippen MR) is 132 cm³/mol. The fourth-order valence-corrected chi connectivity index (χ4v) is 7.84. The van der Waals surface area contributed by atoms with E-state index in [1.165, 1.54) is 0 Å². The van der Waals surface area contributed by atoms with Crippen LogP contribution in [0.15, 0.2) is 12.2 Å². The predicted octanol–water partition coefficient (Wildman–Crippen LogP) is 5.98. The number of rotatable bonds is 6. The number of Topliss-reactive ketones (excluding diaryl/α,β-unsaturated/α-hetero) is 1. The van der Waals surface area contributed by atoms with Gasteiger partial charge in [0.05, 0.1) is 6.10 Å². The van der Waals surface area contributed by atoms with Gasteiger partial charge in [-0.15, -0.1) is 0 Å². The second kappa shape index (κ2) is 12.8. The van der Waals surface area contributed by atoms with Crippen LogP contribution >= 0.6 is 0 Å². The molecule has 184 valence electrons. The number of carbonyl (C=O) groups excluding carboxylic acids is 3. The standard InChI is InChI=1S/C26H46O5Si/c1-10-23-17(5)14-15-22(27)18(6)16-19(7)25(31-32(11-2,12-3)13-4)20(8)24(28)21(9)26(29)30-23/h14-15,17-21,23,25H,10-13,16H2,1-9H3/b15-14+/t17-,18-,19+,20+,21-,23?,25+/m1/s1. The summed E-state index contributed by atoms with van der Waals surface area (Å²) in [7, 11) is -2.00. The van der Waals surface area contributed by atoms with Gasteiger partial charge in [-0.1, -0.05) is 61.5 Å². The molecule has 0 aliphatic carbocycles. The highest BCUT2D eigenvalue weighted by Gasteiger charge is 2.41. The molecule has 0 saturated heterocycles. The minimum atomic E-state index is -2.00. The lowest BCUT2D eigenvalue weighted by Crippen LogP contribution is -2.48. The van der Waals surface area contributed by atoms with Crippen molar-refractivity contribution in [1.82, 2.24) is 0 Å². The molecule has 1 unspecified atom stereocenters. The molecule has 6 heteroatoms. The molecule has 0 N–H and O–H groups in total. The van der Waals surface area contributed by atoms with Crippen LogP contribution in [0.2, 0.25) is 18.1 Å². The minimum Gasteiger partial charge on any atom is -0.461 e. The zero-order valence-electron chi connectivity index (χ0n) is 21.8. The summed E-state index contributed by atoms with van der Waals surface area (Å²) in [5.41, 5.74) is 0. The normalized spacial score (nSPS) is 34.7. The van der Waals surface area contributed by atoms with E-state index in [2.05, 4.69) is 27.7 Å². The summed E-state index contributed by atoms with van der Waals surface area (Å²) in [5, 5.41) is 0. The molecule has 32 heavy (non-hydrogen) atoms. The Hall–Kier alpha value is -1.27. The average molecular weight is 467 g/mol. The van der Waals surface area contributed by atoms with Crippen LogP contribution in [-0.4, -0.2) is 38.1 Å². The van der Waals surface area contributed by atoms with E-state index < -0.39 is 26.1 Å². The van der Waals surface area contributed by atoms with Crippen molar-refractivity contribution < 1.29 is 23.5 Å². The van der Waals surface area contributed by atoms with E-state index in [0.717, 1.165) is 18.1 Å². The Morgan fingerprint density at radius 1 is 0.969 bits per heavy atom. The van der Waals surface area contributed by atoms with Crippen molar-refractivity contribution in [2.75, 3.05) is 0 Å². The summed E-state index contributed by atoms with van der Waals surface area (Å²) in [6.07, 6.45) is 4.08. The van der Waals surface area contributed by atoms with Gasteiger partial charge in [-0.05, 0) is 49.9 Å². The maximum Gasteiger partial charge on any atom is 0.316 e. The summed E-state index contributed by atoms with van der Waals surface area (Å²) in [4.78, 5) is 39.1. The van der Waals surface area contributed by atoms with Gasteiger partial charge in [-0.3, -0.25) is 14.4 Å². The molecule has 0 fully saturated rings. The van der Waals surface area contributed by atoms with Crippen LogP contribution in [0.3, 0.4) is 0 Å². The first-order valence-corrected chi connectivity index (χ1v) is 15.1. The maximum absolute atomic E-state index is 13.4. The molecule has 0 radical (unpaired) electrons. The average Bonchev–Trinajstić information content (AvgIpc) is 2.79. The number of ketones is 2.